The van der Waals surface area contributed by atoms with Crippen molar-refractivity contribution in [1.82, 2.24) is 19.6 Å². The Bertz CT molecular complexity index is 4320. The molecule has 18 rings (SSSR count). The Labute approximate surface area is 735 Å². The second-order valence-electron chi connectivity index (χ2n) is 35.9. The molecule has 6 aliphatic carbocycles. The largest absolute Gasteiger partial charge is 0.491 e. The van der Waals surface area contributed by atoms with Crippen LogP contribution >= 0.6 is 0 Å². The van der Waals surface area contributed by atoms with Crippen molar-refractivity contribution in [2.75, 3.05) is 177 Å². The molecule has 4 aromatic rings. The number of nitrogens with zero attached hydrogens (tertiary/aromatic N) is 8. The van der Waals surface area contributed by atoms with Crippen molar-refractivity contribution in [3.8, 4) is 23.0 Å². The number of rotatable bonds is 24. The molecule has 0 spiro atoms. The highest BCUT2D eigenvalue weighted by atomic mass is 16.8. The van der Waals surface area contributed by atoms with Gasteiger partial charge in [-0.15, -0.1) is 0 Å². The maximum atomic E-state index is 11.5. The summed E-state index contributed by atoms with van der Waals surface area (Å²) >= 11 is 0. The van der Waals surface area contributed by atoms with E-state index < -0.39 is 23.1 Å². The summed E-state index contributed by atoms with van der Waals surface area (Å²) < 4.78 is 75.1. The van der Waals surface area contributed by atoms with Gasteiger partial charge in [-0.25, -0.2) is 0 Å². The third-order valence-electron chi connectivity index (χ3n) is 27.6. The zero-order valence-corrected chi connectivity index (χ0v) is 74.5. The Kier molecular flexibility index (Phi) is 31.0. The molecule has 0 N–H and O–H groups in total. The number of hydrogen-bond donors (Lipinski definition) is 0. The van der Waals surface area contributed by atoms with Crippen LogP contribution in [0, 0.1) is 17.8 Å². The molecule has 0 aromatic heterocycles. The van der Waals surface area contributed by atoms with Gasteiger partial charge in [-0.1, -0.05) is 119 Å². The van der Waals surface area contributed by atoms with Crippen LogP contribution < -0.4 is 38.5 Å². The van der Waals surface area contributed by atoms with E-state index in [0.29, 0.717) is 70.6 Å². The van der Waals surface area contributed by atoms with Gasteiger partial charge in [0.05, 0.1) is 26.4 Å². The average Bonchev–Trinajstić information content (AvgIpc) is 1.63. The van der Waals surface area contributed by atoms with Gasteiger partial charge in [-0.3, -0.25) is 19.2 Å². The van der Waals surface area contributed by atoms with Crippen LogP contribution in [-0.2, 0) is 57.1 Å². The summed E-state index contributed by atoms with van der Waals surface area (Å²) in [6.45, 7) is 28.2. The lowest BCUT2D eigenvalue weighted by atomic mass is 9.79. The number of ether oxygens (including phenoxy) is 12. The summed E-state index contributed by atoms with van der Waals surface area (Å²) in [6.07, 6.45) is 41.1. The Morgan fingerprint density at radius 3 is 0.927 bits per heavy atom. The summed E-state index contributed by atoms with van der Waals surface area (Å²) in [7, 11) is 0. The first-order valence-electron chi connectivity index (χ1n) is 46.7. The zero-order chi connectivity index (χ0) is 85.9. The topological polar surface area (TPSA) is 205 Å². The van der Waals surface area contributed by atoms with Crippen molar-refractivity contribution in [1.29, 1.82) is 0 Å². The molecule has 8 aliphatic heterocycles. The van der Waals surface area contributed by atoms with Gasteiger partial charge in [0.15, 0.2) is 23.1 Å². The van der Waals surface area contributed by atoms with E-state index in [-0.39, 0.29) is 48.0 Å². The van der Waals surface area contributed by atoms with Gasteiger partial charge in [0, 0.05) is 179 Å². The molecule has 4 amide bonds. The molecule has 24 nitrogen and oxygen atoms in total. The number of benzene rings is 4. The monoisotopic (exact) mass is 1710 g/mol. The van der Waals surface area contributed by atoms with Crippen LogP contribution in [0.25, 0.3) is 0 Å². The molecule has 0 radical (unpaired) electrons. The van der Waals surface area contributed by atoms with Crippen LogP contribution in [0.2, 0.25) is 0 Å². The lowest BCUT2D eigenvalue weighted by Crippen LogP contribution is -2.48. The molecule has 0 bridgehead atoms. The van der Waals surface area contributed by atoms with Crippen molar-refractivity contribution in [3.63, 3.8) is 0 Å². The fraction of sp³-hybridized carbons (Fsp3) is 0.600. The lowest BCUT2D eigenvalue weighted by Gasteiger charge is -2.39. The molecule has 8 unspecified atom stereocenters. The van der Waals surface area contributed by atoms with Crippen LogP contribution in [0.4, 0.5) is 22.7 Å². The molecule has 124 heavy (non-hydrogen) atoms. The van der Waals surface area contributed by atoms with E-state index in [2.05, 4.69) is 137 Å². The summed E-state index contributed by atoms with van der Waals surface area (Å²) in [5, 5.41) is 0. The summed E-state index contributed by atoms with van der Waals surface area (Å²) in [6, 6.07) is 32.9. The third-order valence-corrected chi connectivity index (χ3v) is 27.6. The number of hydrogen-bond acceptors (Lipinski definition) is 20. The Morgan fingerprint density at radius 2 is 0.621 bits per heavy atom. The smallest absolute Gasteiger partial charge is 0.219 e. The third kappa shape index (κ3) is 22.6. The van der Waals surface area contributed by atoms with Crippen molar-refractivity contribution in [3.05, 3.63) is 168 Å². The van der Waals surface area contributed by atoms with Gasteiger partial charge in [-0.05, 0) is 178 Å². The highest BCUT2D eigenvalue weighted by Gasteiger charge is 2.53. The van der Waals surface area contributed by atoms with E-state index >= 15 is 0 Å². The zero-order valence-electron chi connectivity index (χ0n) is 74.5. The van der Waals surface area contributed by atoms with Gasteiger partial charge < -0.3 is 96.0 Å². The number of carbonyl (C=O) groups is 4. The molecule has 11 fully saturated rings. The average molecular weight is 1710 g/mol. The molecule has 14 aliphatic rings. The first-order chi connectivity index (χ1) is 60.4. The van der Waals surface area contributed by atoms with Gasteiger partial charge in [0.2, 0.25) is 23.6 Å². The minimum atomic E-state index is -0.585. The van der Waals surface area contributed by atoms with E-state index in [1.807, 2.05) is 68.1 Å². The van der Waals surface area contributed by atoms with E-state index in [9.17, 15) is 19.2 Å². The van der Waals surface area contributed by atoms with Gasteiger partial charge in [0.1, 0.15) is 73.8 Å². The molecule has 672 valence electrons. The number of carbonyl (C=O) groups excluding carboxylic acids is 4. The van der Waals surface area contributed by atoms with Crippen LogP contribution in [0.5, 0.6) is 23.0 Å². The number of allylic oxidation sites excluding steroid dienone is 9. The van der Waals surface area contributed by atoms with E-state index in [4.69, 9.17) is 56.8 Å². The quantitative estimate of drug-likeness (QED) is 0.0639. The van der Waals surface area contributed by atoms with Crippen LogP contribution in [-0.4, -0.2) is 248 Å². The van der Waals surface area contributed by atoms with E-state index in [0.717, 1.165) is 166 Å². The number of piperazine rings is 4. The molecule has 8 heterocycles. The summed E-state index contributed by atoms with van der Waals surface area (Å²) in [5.41, 5.74) is 8.41. The predicted molar refractivity (Wildman–Crippen MR) is 481 cm³/mol. The van der Waals surface area contributed by atoms with Crippen LogP contribution in [0.1, 0.15) is 164 Å². The number of anilines is 4. The lowest BCUT2D eigenvalue weighted by molar-refractivity contribution is -0.199. The van der Waals surface area contributed by atoms with Crippen LogP contribution in [0.15, 0.2) is 168 Å². The van der Waals surface area contributed by atoms with E-state index in [1.165, 1.54) is 124 Å². The normalized spacial score (nSPS) is 27.9. The summed E-state index contributed by atoms with van der Waals surface area (Å²) in [5.74, 6) is 3.24. The van der Waals surface area contributed by atoms with Gasteiger partial charge in [-0.2, -0.15) is 0 Å². The fourth-order valence-electron chi connectivity index (χ4n) is 20.4. The van der Waals surface area contributed by atoms with Crippen LogP contribution in [0.3, 0.4) is 0 Å². The standard InChI is InChI=1S/C27H36N2O4.C26H34N2O4.C24H32N2O4.C23H34N2O4/c1-21(30)28-15-17-29(18-16-28)24-11-13-25(14-12-24)31-19-26-20-32-27(33-26,23-9-5-6-10-23)22-7-3-2-4-8-22;1-20(29)27-14-16-28(17-15-27)23-10-12-24(13-11-23)30-18-25-19-31-26(32-25,21-6-2-3-7-21)22-8-4-5-9-22;1-3-12-24(20-6-4-5-7-20)29-18-23(30-24)17-28-22-10-8-21(9-11-22)26-15-13-25(14-16-26)19(2)27;1-18(26)24-12-14-25(15-13-24)20-8-10-21(11-9-20)27-16-22-17-28-23(2,29-22)19-6-4-3-5-7-19/h5-6,9,11-14,22,26H,2-4,7-8,10,15-20H2,1H3;2-3,6,10-13,22,25H,4-5,7-9,14-19H2,1H3;4-6,8-11,23H,3,7,12-18H2,1-2H3;8-11,19,22H,3-7,12-17H2,1-2H3. The maximum absolute atomic E-state index is 11.5. The summed E-state index contributed by atoms with van der Waals surface area (Å²) in [4.78, 5) is 62.9. The van der Waals surface area contributed by atoms with Crippen molar-refractivity contribution in [2.24, 2.45) is 17.8 Å². The first kappa shape index (κ1) is 90.1. The highest BCUT2D eigenvalue weighted by Crippen LogP contribution is 2.50. The highest BCUT2D eigenvalue weighted by molar-refractivity contribution is 5.75. The SMILES string of the molecule is CC(=O)N1CCN(c2ccc(OCC3COC(C)(C4CCCCC4)O3)cc2)CC1.CC(=O)N1CCN(c2ccc(OCC3COC(C4=CC=CC4)(C4CCCC4)O3)cc2)CC1.CC(=O)N1CCN(c2ccc(OCC3COC(C4=CC=CC4)(C4CCCCC4)O3)cc2)CC1.CCCC1(C2=CC=CC2)OCC(COc2ccc(N3CCN(C(C)=O)CC3)cc2)O1. The second-order valence-corrected chi connectivity index (χ2v) is 35.9. The van der Waals surface area contributed by atoms with Crippen molar-refractivity contribution >= 4 is 46.4 Å². The van der Waals surface area contributed by atoms with Gasteiger partial charge >= 0.3 is 0 Å². The maximum Gasteiger partial charge on any atom is 0.219 e. The second kappa shape index (κ2) is 42.7. The molecule has 3 saturated carbocycles. The fourth-order valence-corrected chi connectivity index (χ4v) is 20.4. The Hall–Kier alpha value is -8.72. The minimum absolute atomic E-state index is 0.0127. The molecule has 8 saturated heterocycles. The molecule has 8 atom stereocenters. The first-order valence-corrected chi connectivity index (χ1v) is 46.7. The molecular formula is C100H136N8O16. The minimum Gasteiger partial charge on any atom is -0.491 e. The Morgan fingerprint density at radius 1 is 0.339 bits per heavy atom. The molecule has 24 heteroatoms. The predicted octanol–water partition coefficient (Wildman–Crippen LogP) is 15.2. The molecular weight excluding hydrogens is 1570 g/mol. The number of amides is 4. The van der Waals surface area contributed by atoms with Crippen molar-refractivity contribution < 1.29 is 76.0 Å². The van der Waals surface area contributed by atoms with Gasteiger partial charge in [0.25, 0.3) is 0 Å². The van der Waals surface area contributed by atoms with E-state index in [1.54, 1.807) is 27.7 Å². The Balaban J connectivity index is 0.000000128. The van der Waals surface area contributed by atoms with Crippen molar-refractivity contribution in [2.45, 2.75) is 211 Å². The molecule has 4 aromatic carbocycles.